The van der Waals surface area contributed by atoms with Crippen LogP contribution in [0, 0.1) is 10.6 Å². The van der Waals surface area contributed by atoms with Crippen molar-refractivity contribution >= 4 is 18.1 Å². The fourth-order valence-electron chi connectivity index (χ4n) is 1.95. The van der Waals surface area contributed by atoms with Crippen molar-refractivity contribution in [3.8, 4) is 0 Å². The standard InChI is InChI=1S/C14H15FN4OS/c1-3-8-19-12(17-18-14(19)21)9(2)16-13(20)10-6-4-5-7-11(10)15/h3-7,9H,1,8H2,2H3,(H,16,20)(H,18,21)/t9-/m0/s1. The van der Waals surface area contributed by atoms with Crippen LogP contribution < -0.4 is 5.32 Å². The van der Waals surface area contributed by atoms with Crippen LogP contribution in [0.1, 0.15) is 29.1 Å². The molecule has 1 aromatic heterocycles. The molecular weight excluding hydrogens is 291 g/mol. The van der Waals surface area contributed by atoms with E-state index < -0.39 is 17.8 Å². The molecule has 21 heavy (non-hydrogen) atoms. The van der Waals surface area contributed by atoms with Gasteiger partial charge in [0, 0.05) is 6.54 Å². The van der Waals surface area contributed by atoms with Gasteiger partial charge in [-0.3, -0.25) is 14.5 Å². The van der Waals surface area contributed by atoms with Crippen molar-refractivity contribution in [2.75, 3.05) is 0 Å². The molecule has 0 aliphatic heterocycles. The molecule has 2 aromatic rings. The van der Waals surface area contributed by atoms with Crippen LogP contribution in [0.2, 0.25) is 0 Å². The van der Waals surface area contributed by atoms with E-state index in [9.17, 15) is 9.18 Å². The van der Waals surface area contributed by atoms with E-state index in [1.165, 1.54) is 18.2 Å². The third-order valence-electron chi connectivity index (χ3n) is 2.95. The normalized spacial score (nSPS) is 11.9. The van der Waals surface area contributed by atoms with Gasteiger partial charge < -0.3 is 5.32 Å². The van der Waals surface area contributed by atoms with E-state index in [1.807, 2.05) is 0 Å². The van der Waals surface area contributed by atoms with Crippen LogP contribution in [0.3, 0.4) is 0 Å². The molecule has 0 bridgehead atoms. The Labute approximate surface area is 126 Å². The minimum absolute atomic E-state index is 0.00578. The van der Waals surface area contributed by atoms with Crippen molar-refractivity contribution < 1.29 is 9.18 Å². The Balaban J connectivity index is 2.20. The average Bonchev–Trinajstić information content (AvgIpc) is 2.81. The molecule has 1 heterocycles. The second-order valence-electron chi connectivity index (χ2n) is 4.46. The molecular formula is C14H15FN4OS. The highest BCUT2D eigenvalue weighted by molar-refractivity contribution is 7.71. The molecule has 2 N–H and O–H groups in total. The number of nitrogens with zero attached hydrogens (tertiary/aromatic N) is 2. The van der Waals surface area contributed by atoms with Crippen LogP contribution in [-0.2, 0) is 6.54 Å². The Morgan fingerprint density at radius 1 is 1.62 bits per heavy atom. The molecule has 0 aliphatic rings. The molecule has 0 spiro atoms. The van der Waals surface area contributed by atoms with Gasteiger partial charge in [0.15, 0.2) is 10.6 Å². The topological polar surface area (TPSA) is 62.7 Å². The number of H-pyrrole nitrogens is 1. The molecule has 110 valence electrons. The van der Waals surface area contributed by atoms with Gasteiger partial charge in [-0.2, -0.15) is 5.10 Å². The molecule has 0 fully saturated rings. The van der Waals surface area contributed by atoms with E-state index >= 15 is 0 Å². The highest BCUT2D eigenvalue weighted by atomic mass is 32.1. The summed E-state index contributed by atoms with van der Waals surface area (Å²) >= 11 is 5.11. The fourth-order valence-corrected chi connectivity index (χ4v) is 2.16. The summed E-state index contributed by atoms with van der Waals surface area (Å²) in [5.74, 6) is -0.503. The minimum Gasteiger partial charge on any atom is -0.342 e. The zero-order valence-corrected chi connectivity index (χ0v) is 12.3. The monoisotopic (exact) mass is 306 g/mol. The lowest BCUT2D eigenvalue weighted by atomic mass is 10.2. The largest absolute Gasteiger partial charge is 0.342 e. The molecule has 7 heteroatoms. The Hall–Kier alpha value is -2.28. The number of carbonyl (C=O) groups excluding carboxylic acids is 1. The van der Waals surface area contributed by atoms with Crippen LogP contribution in [0.15, 0.2) is 36.9 Å². The lowest BCUT2D eigenvalue weighted by Crippen LogP contribution is -2.29. The molecule has 2 rings (SSSR count). The number of aromatic nitrogens is 3. The number of halogens is 1. The molecule has 0 saturated heterocycles. The van der Waals surface area contributed by atoms with Crippen LogP contribution in [0.5, 0.6) is 0 Å². The van der Waals surface area contributed by atoms with Crippen molar-refractivity contribution in [1.29, 1.82) is 0 Å². The van der Waals surface area contributed by atoms with E-state index in [2.05, 4.69) is 22.1 Å². The molecule has 0 saturated carbocycles. The number of rotatable bonds is 5. The number of benzene rings is 1. The predicted octanol–water partition coefficient (Wildman–Crippen LogP) is 2.76. The van der Waals surface area contributed by atoms with Crippen LogP contribution in [-0.4, -0.2) is 20.7 Å². The molecule has 0 unspecified atom stereocenters. The first-order valence-corrected chi connectivity index (χ1v) is 6.76. The average molecular weight is 306 g/mol. The summed E-state index contributed by atoms with van der Waals surface area (Å²) in [6.07, 6.45) is 1.68. The van der Waals surface area contributed by atoms with Crippen LogP contribution >= 0.6 is 12.2 Å². The Morgan fingerprint density at radius 2 is 2.33 bits per heavy atom. The summed E-state index contributed by atoms with van der Waals surface area (Å²) < 4.78 is 15.7. The van der Waals surface area contributed by atoms with E-state index in [-0.39, 0.29) is 5.56 Å². The minimum atomic E-state index is -0.563. The molecule has 1 atom stereocenters. The maximum Gasteiger partial charge on any atom is 0.254 e. The zero-order valence-electron chi connectivity index (χ0n) is 11.5. The van der Waals surface area contributed by atoms with Gasteiger partial charge in [0.2, 0.25) is 0 Å². The van der Waals surface area contributed by atoms with Crippen molar-refractivity contribution in [1.82, 2.24) is 20.1 Å². The van der Waals surface area contributed by atoms with E-state index in [1.54, 1.807) is 23.6 Å². The molecule has 5 nitrogen and oxygen atoms in total. The van der Waals surface area contributed by atoms with Gasteiger partial charge in [0.05, 0.1) is 11.6 Å². The van der Waals surface area contributed by atoms with Gasteiger partial charge in [-0.15, -0.1) is 6.58 Å². The van der Waals surface area contributed by atoms with Gasteiger partial charge in [0.1, 0.15) is 5.82 Å². The van der Waals surface area contributed by atoms with Crippen molar-refractivity contribution in [3.63, 3.8) is 0 Å². The molecule has 0 aliphatic carbocycles. The van der Waals surface area contributed by atoms with Crippen molar-refractivity contribution in [3.05, 3.63) is 58.9 Å². The van der Waals surface area contributed by atoms with Gasteiger partial charge in [-0.25, -0.2) is 4.39 Å². The number of allylic oxidation sites excluding steroid dienone is 1. The van der Waals surface area contributed by atoms with E-state index in [4.69, 9.17) is 12.2 Å². The smallest absolute Gasteiger partial charge is 0.254 e. The van der Waals surface area contributed by atoms with E-state index in [0.717, 1.165) is 0 Å². The molecule has 1 amide bonds. The first-order chi connectivity index (χ1) is 10.0. The van der Waals surface area contributed by atoms with E-state index in [0.29, 0.717) is 17.1 Å². The maximum atomic E-state index is 13.6. The van der Waals surface area contributed by atoms with Gasteiger partial charge in [-0.1, -0.05) is 18.2 Å². The third kappa shape index (κ3) is 3.25. The molecule has 1 aromatic carbocycles. The lowest BCUT2D eigenvalue weighted by Gasteiger charge is -2.14. The SMILES string of the molecule is C=CCn1c([C@H](C)NC(=O)c2ccccc2F)n[nH]c1=S. The van der Waals surface area contributed by atoms with Gasteiger partial charge in [-0.05, 0) is 31.3 Å². The number of amides is 1. The summed E-state index contributed by atoms with van der Waals surface area (Å²) in [5.41, 5.74) is -0.00578. The van der Waals surface area contributed by atoms with Gasteiger partial charge >= 0.3 is 0 Å². The maximum absolute atomic E-state index is 13.6. The first-order valence-electron chi connectivity index (χ1n) is 6.36. The quantitative estimate of drug-likeness (QED) is 0.659. The summed E-state index contributed by atoms with van der Waals surface area (Å²) in [6, 6.07) is 5.39. The second kappa shape index (κ2) is 6.45. The number of aromatic amines is 1. The number of carbonyl (C=O) groups is 1. The highest BCUT2D eigenvalue weighted by Crippen LogP contribution is 2.13. The second-order valence-corrected chi connectivity index (χ2v) is 4.85. The molecule has 0 radical (unpaired) electrons. The Bertz CT molecular complexity index is 722. The summed E-state index contributed by atoms with van der Waals surface area (Å²) in [7, 11) is 0. The number of hydrogen-bond acceptors (Lipinski definition) is 3. The number of hydrogen-bond donors (Lipinski definition) is 2. The fraction of sp³-hybridized carbons (Fsp3) is 0.214. The number of nitrogens with one attached hydrogen (secondary N) is 2. The Morgan fingerprint density at radius 3 is 3.00 bits per heavy atom. The predicted molar refractivity (Wildman–Crippen MR) is 79.9 cm³/mol. The lowest BCUT2D eigenvalue weighted by molar-refractivity contribution is 0.0933. The summed E-state index contributed by atoms with van der Waals surface area (Å²) in [5, 5.41) is 9.47. The first kappa shape index (κ1) is 15.1. The Kier molecular flexibility index (Phi) is 4.64. The highest BCUT2D eigenvalue weighted by Gasteiger charge is 2.18. The van der Waals surface area contributed by atoms with Crippen molar-refractivity contribution in [2.24, 2.45) is 0 Å². The summed E-state index contributed by atoms with van der Waals surface area (Å²) in [6.45, 7) is 5.88. The van der Waals surface area contributed by atoms with Crippen molar-refractivity contribution in [2.45, 2.75) is 19.5 Å². The third-order valence-corrected chi connectivity index (χ3v) is 3.26. The van der Waals surface area contributed by atoms with Gasteiger partial charge in [0.25, 0.3) is 5.91 Å². The van der Waals surface area contributed by atoms with Crippen LogP contribution in [0.4, 0.5) is 4.39 Å². The van der Waals surface area contributed by atoms with Crippen LogP contribution in [0.25, 0.3) is 0 Å². The zero-order chi connectivity index (χ0) is 15.4. The summed E-state index contributed by atoms with van der Waals surface area (Å²) in [4.78, 5) is 12.1.